The van der Waals surface area contributed by atoms with Gasteiger partial charge in [-0.25, -0.2) is 0 Å². The Morgan fingerprint density at radius 2 is 2.03 bits per heavy atom. The number of aryl methyl sites for hydroxylation is 1. The highest BCUT2D eigenvalue weighted by atomic mass is 79.9. The first-order valence-corrected chi connectivity index (χ1v) is 11.1. The number of thiophene rings is 1. The van der Waals surface area contributed by atoms with Crippen molar-refractivity contribution in [2.75, 3.05) is 5.32 Å². The third kappa shape index (κ3) is 5.17. The van der Waals surface area contributed by atoms with Crippen molar-refractivity contribution in [1.82, 2.24) is 9.78 Å². The molecule has 0 bridgehead atoms. The molecule has 152 valence electrons. The number of carbonyl (C=O) groups excluding carboxylic acids is 1. The van der Waals surface area contributed by atoms with Crippen molar-refractivity contribution >= 4 is 38.9 Å². The van der Waals surface area contributed by atoms with Crippen molar-refractivity contribution in [2.45, 2.75) is 20.1 Å². The smallest absolute Gasteiger partial charge is 0.265 e. The van der Waals surface area contributed by atoms with Gasteiger partial charge in [0.1, 0.15) is 12.4 Å². The first-order valence-electron chi connectivity index (χ1n) is 9.41. The van der Waals surface area contributed by atoms with Crippen LogP contribution in [-0.4, -0.2) is 15.7 Å². The number of anilines is 1. The van der Waals surface area contributed by atoms with Gasteiger partial charge in [-0.15, -0.1) is 11.3 Å². The molecule has 0 aliphatic carbocycles. The first kappa shape index (κ1) is 20.4. The molecule has 0 saturated heterocycles. The molecular formula is C23H20BrN3O2S. The molecule has 0 saturated carbocycles. The van der Waals surface area contributed by atoms with E-state index >= 15 is 0 Å². The van der Waals surface area contributed by atoms with E-state index in [1.165, 1.54) is 11.3 Å². The minimum absolute atomic E-state index is 0.124. The normalized spacial score (nSPS) is 10.7. The summed E-state index contributed by atoms with van der Waals surface area (Å²) < 4.78 is 8.65. The lowest BCUT2D eigenvalue weighted by atomic mass is 10.2. The first-order chi connectivity index (χ1) is 14.6. The third-order valence-electron chi connectivity index (χ3n) is 4.50. The quantitative estimate of drug-likeness (QED) is 0.357. The van der Waals surface area contributed by atoms with Gasteiger partial charge in [-0.2, -0.15) is 5.10 Å². The third-order valence-corrected chi connectivity index (χ3v) is 5.88. The van der Waals surface area contributed by atoms with E-state index in [0.29, 0.717) is 18.0 Å². The Bertz CT molecular complexity index is 1170. The molecule has 4 rings (SSSR count). The molecule has 1 amide bonds. The van der Waals surface area contributed by atoms with E-state index in [0.717, 1.165) is 32.6 Å². The van der Waals surface area contributed by atoms with Crippen molar-refractivity contribution in [3.05, 3.63) is 98.4 Å². The molecule has 4 aromatic rings. The highest BCUT2D eigenvalue weighted by Crippen LogP contribution is 2.22. The molecule has 1 N–H and O–H groups in total. The van der Waals surface area contributed by atoms with Crippen molar-refractivity contribution < 1.29 is 9.53 Å². The molecule has 30 heavy (non-hydrogen) atoms. The van der Waals surface area contributed by atoms with Crippen molar-refractivity contribution in [1.29, 1.82) is 0 Å². The van der Waals surface area contributed by atoms with Crippen LogP contribution in [0.3, 0.4) is 0 Å². The molecule has 0 aliphatic heterocycles. The largest absolute Gasteiger partial charge is 0.489 e. The lowest BCUT2D eigenvalue weighted by Crippen LogP contribution is -2.10. The molecule has 0 aliphatic rings. The standard InChI is InChI=1S/C23H20BrN3O2S/c1-16-5-2-3-8-21(16)29-14-18-10-22(30-15-18)23(28)26-20-7-4-6-17(9-20)12-27-13-19(24)11-25-27/h2-11,13,15H,12,14H2,1H3,(H,26,28). The van der Waals surface area contributed by atoms with Crippen LogP contribution in [0.25, 0.3) is 0 Å². The van der Waals surface area contributed by atoms with Crippen LogP contribution in [0, 0.1) is 6.92 Å². The molecule has 0 radical (unpaired) electrons. The van der Waals surface area contributed by atoms with Gasteiger partial charge in [-0.3, -0.25) is 9.48 Å². The topological polar surface area (TPSA) is 56.1 Å². The molecule has 0 fully saturated rings. The van der Waals surface area contributed by atoms with E-state index in [9.17, 15) is 4.79 Å². The second-order valence-electron chi connectivity index (χ2n) is 6.88. The Morgan fingerprint density at radius 1 is 1.17 bits per heavy atom. The molecule has 0 atom stereocenters. The molecule has 7 heteroatoms. The number of nitrogens with zero attached hydrogens (tertiary/aromatic N) is 2. The van der Waals surface area contributed by atoms with Gasteiger partial charge in [0.2, 0.25) is 0 Å². The average molecular weight is 482 g/mol. The van der Waals surface area contributed by atoms with E-state index in [-0.39, 0.29) is 5.91 Å². The van der Waals surface area contributed by atoms with Gasteiger partial charge < -0.3 is 10.1 Å². The molecule has 2 aromatic carbocycles. The predicted molar refractivity (Wildman–Crippen MR) is 123 cm³/mol. The minimum atomic E-state index is -0.124. The number of ether oxygens (including phenoxy) is 1. The monoisotopic (exact) mass is 481 g/mol. The van der Waals surface area contributed by atoms with Crippen LogP contribution < -0.4 is 10.1 Å². The van der Waals surface area contributed by atoms with Gasteiger partial charge in [0.25, 0.3) is 5.91 Å². The molecular weight excluding hydrogens is 462 g/mol. The Labute approximate surface area is 187 Å². The fourth-order valence-electron chi connectivity index (χ4n) is 3.00. The maximum Gasteiger partial charge on any atom is 0.265 e. The summed E-state index contributed by atoms with van der Waals surface area (Å²) in [5.74, 6) is 0.733. The second-order valence-corrected chi connectivity index (χ2v) is 8.71. The van der Waals surface area contributed by atoms with Crippen LogP contribution in [0.5, 0.6) is 5.75 Å². The summed E-state index contributed by atoms with van der Waals surface area (Å²) >= 11 is 4.81. The van der Waals surface area contributed by atoms with Crippen LogP contribution in [0.2, 0.25) is 0 Å². The number of halogens is 1. The van der Waals surface area contributed by atoms with E-state index < -0.39 is 0 Å². The molecule has 0 unspecified atom stereocenters. The lowest BCUT2D eigenvalue weighted by molar-refractivity contribution is 0.103. The summed E-state index contributed by atoms with van der Waals surface area (Å²) in [4.78, 5) is 13.3. The molecule has 2 aromatic heterocycles. The van der Waals surface area contributed by atoms with Crippen molar-refractivity contribution in [2.24, 2.45) is 0 Å². The van der Waals surface area contributed by atoms with Crippen LogP contribution in [0.1, 0.15) is 26.4 Å². The van der Waals surface area contributed by atoms with Crippen LogP contribution in [-0.2, 0) is 13.2 Å². The maximum absolute atomic E-state index is 12.7. The van der Waals surface area contributed by atoms with Crippen molar-refractivity contribution in [3.63, 3.8) is 0 Å². The Balaban J connectivity index is 1.37. The van der Waals surface area contributed by atoms with Crippen LogP contribution in [0.4, 0.5) is 5.69 Å². The maximum atomic E-state index is 12.7. The molecule has 2 heterocycles. The number of carbonyl (C=O) groups is 1. The number of aromatic nitrogens is 2. The molecule has 5 nitrogen and oxygen atoms in total. The number of hydrogen-bond acceptors (Lipinski definition) is 4. The zero-order valence-electron chi connectivity index (χ0n) is 16.3. The zero-order valence-corrected chi connectivity index (χ0v) is 18.7. The van der Waals surface area contributed by atoms with Gasteiger partial charge in [-0.05, 0) is 63.6 Å². The van der Waals surface area contributed by atoms with Crippen LogP contribution in [0.15, 0.2) is 76.8 Å². The number of nitrogens with one attached hydrogen (secondary N) is 1. The fraction of sp³-hybridized carbons (Fsp3) is 0.130. The van der Waals surface area contributed by atoms with Gasteiger partial charge in [-0.1, -0.05) is 30.3 Å². The van der Waals surface area contributed by atoms with Gasteiger partial charge in [0, 0.05) is 17.4 Å². The summed E-state index contributed by atoms with van der Waals surface area (Å²) in [6.07, 6.45) is 3.67. The highest BCUT2D eigenvalue weighted by Gasteiger charge is 2.11. The highest BCUT2D eigenvalue weighted by molar-refractivity contribution is 9.10. The fourth-order valence-corrected chi connectivity index (χ4v) is 4.12. The summed E-state index contributed by atoms with van der Waals surface area (Å²) in [6, 6.07) is 17.6. The Hall–Kier alpha value is -2.90. The summed E-state index contributed by atoms with van der Waals surface area (Å²) in [5.41, 5.74) is 3.89. The van der Waals surface area contributed by atoms with E-state index in [4.69, 9.17) is 4.74 Å². The van der Waals surface area contributed by atoms with Gasteiger partial charge in [0.15, 0.2) is 0 Å². The lowest BCUT2D eigenvalue weighted by Gasteiger charge is -2.08. The van der Waals surface area contributed by atoms with Crippen LogP contribution >= 0.6 is 27.3 Å². The minimum Gasteiger partial charge on any atom is -0.489 e. The molecule has 0 spiro atoms. The zero-order chi connectivity index (χ0) is 20.9. The predicted octanol–water partition coefficient (Wildman–Crippen LogP) is 5.90. The number of benzene rings is 2. The van der Waals surface area contributed by atoms with E-state index in [2.05, 4.69) is 26.3 Å². The Morgan fingerprint density at radius 3 is 2.83 bits per heavy atom. The van der Waals surface area contributed by atoms with E-state index in [1.807, 2.05) is 77.8 Å². The summed E-state index contributed by atoms with van der Waals surface area (Å²) in [5, 5.41) is 9.20. The number of hydrogen-bond donors (Lipinski definition) is 1. The summed E-state index contributed by atoms with van der Waals surface area (Å²) in [6.45, 7) is 3.08. The SMILES string of the molecule is Cc1ccccc1OCc1csc(C(=O)Nc2cccc(Cn3cc(Br)cn3)c2)c1. The van der Waals surface area contributed by atoms with Crippen molar-refractivity contribution in [3.8, 4) is 5.75 Å². The Kier molecular flexibility index (Phi) is 6.30. The van der Waals surface area contributed by atoms with E-state index in [1.54, 1.807) is 6.20 Å². The number of amides is 1. The number of rotatable bonds is 7. The second kappa shape index (κ2) is 9.28. The number of para-hydroxylation sites is 1. The average Bonchev–Trinajstić information content (AvgIpc) is 3.37. The summed E-state index contributed by atoms with van der Waals surface area (Å²) in [7, 11) is 0. The van der Waals surface area contributed by atoms with Gasteiger partial charge >= 0.3 is 0 Å². The van der Waals surface area contributed by atoms with Gasteiger partial charge in [0.05, 0.1) is 22.1 Å².